The van der Waals surface area contributed by atoms with Gasteiger partial charge in [-0.2, -0.15) is 0 Å². The van der Waals surface area contributed by atoms with Crippen LogP contribution in [0.1, 0.15) is 219 Å². The molecule has 1 rings (SSSR count). The number of nitrogens with zero attached hydrogens (tertiary/aromatic N) is 1. The van der Waals surface area contributed by atoms with E-state index in [9.17, 15) is 28.9 Å². The molecule has 0 fully saturated rings. The molecule has 0 saturated carbocycles. The molecule has 3 atom stereocenters. The van der Waals surface area contributed by atoms with E-state index in [-0.39, 0.29) is 90.9 Å². The molecule has 1 N–H and O–H groups in total. The standard InChI is InChI=1S/C49H89N2O10PS2.2Na/c1-3-5-7-9-11-13-15-17-19-21-23-25-27-29-31-36-47(52)58-41-44(61-48(53)37-32-30-28-26-24-22-20-18-16-14-12-10-8-6-4-2)42-60-62(56,57)59-40-39-50-45(49(54)55)43-63-64-46-35-33-34-38-51-46;;/h33-35,38,44-45,50H,3-32,36-37,39-43H2,1-2H3,(H,54,55)(H,56,57);;/q;2*+1/p-2/t44-,45?;;/m1../s1. The number of hydrogen-bond donors (Lipinski definition) is 1. The number of rotatable bonds is 48. The number of pyridine rings is 1. The van der Waals surface area contributed by atoms with Crippen molar-refractivity contribution in [3.63, 3.8) is 0 Å². The van der Waals surface area contributed by atoms with Crippen LogP contribution in [0.25, 0.3) is 0 Å². The number of esters is 2. The first-order chi connectivity index (χ1) is 31.2. The summed E-state index contributed by atoms with van der Waals surface area (Å²) < 4.78 is 33.6. The Hall–Kier alpha value is 0.330. The van der Waals surface area contributed by atoms with Gasteiger partial charge in [0.15, 0.2) is 6.10 Å². The van der Waals surface area contributed by atoms with Gasteiger partial charge in [-0.3, -0.25) is 14.2 Å². The van der Waals surface area contributed by atoms with Gasteiger partial charge in [-0.25, -0.2) is 4.98 Å². The van der Waals surface area contributed by atoms with Gasteiger partial charge in [-0.05, 0) is 35.8 Å². The molecule has 17 heteroatoms. The summed E-state index contributed by atoms with van der Waals surface area (Å²) in [5.41, 5.74) is 0. The van der Waals surface area contributed by atoms with E-state index in [1.54, 1.807) is 18.3 Å². The van der Waals surface area contributed by atoms with E-state index >= 15 is 0 Å². The summed E-state index contributed by atoms with van der Waals surface area (Å²) in [6.07, 6.45) is 37.4. The van der Waals surface area contributed by atoms with Crippen molar-refractivity contribution in [2.24, 2.45) is 0 Å². The van der Waals surface area contributed by atoms with Gasteiger partial charge >= 0.3 is 71.1 Å². The van der Waals surface area contributed by atoms with E-state index in [1.807, 2.05) is 6.07 Å². The first-order valence-electron chi connectivity index (χ1n) is 25.3. The number of phosphoric acid groups is 1. The molecular weight excluding hydrogens is 918 g/mol. The number of carbonyl (C=O) groups excluding carboxylic acids is 3. The predicted molar refractivity (Wildman–Crippen MR) is 259 cm³/mol. The molecule has 2 unspecified atom stereocenters. The Labute approximate surface area is 453 Å². The first-order valence-corrected chi connectivity index (χ1v) is 29.0. The topological polar surface area (TPSA) is 176 Å². The third-order valence-electron chi connectivity index (χ3n) is 11.2. The van der Waals surface area contributed by atoms with Crippen LogP contribution in [0.5, 0.6) is 0 Å². The molecule has 12 nitrogen and oxygen atoms in total. The van der Waals surface area contributed by atoms with Gasteiger partial charge < -0.3 is 38.6 Å². The van der Waals surface area contributed by atoms with Crippen LogP contribution in [0.15, 0.2) is 29.4 Å². The van der Waals surface area contributed by atoms with Gasteiger partial charge in [0.1, 0.15) is 11.6 Å². The molecule has 0 saturated heterocycles. The zero-order chi connectivity index (χ0) is 46.6. The monoisotopic (exact) mass is 1000 g/mol. The smallest absolute Gasteiger partial charge is 0.756 e. The fraction of sp³-hybridized carbons (Fsp3) is 0.837. The molecule has 1 aromatic heterocycles. The maximum atomic E-state index is 12.8. The SMILES string of the molecule is CCCCCCCCCCCCCCCCCC(=O)OC[C@H](COP(=O)([O-])OCCNC(CSSc1ccccn1)C(=O)[O-])OC(=O)CCCCCCCCCCCCCCCCC.[Na+].[Na+]. The fourth-order valence-electron chi connectivity index (χ4n) is 7.27. The van der Waals surface area contributed by atoms with E-state index in [0.717, 1.165) is 43.6 Å². The molecular formula is C49H87N2Na2O10PS2. The second-order valence-electron chi connectivity index (χ2n) is 17.1. The zero-order valence-corrected chi connectivity index (χ0v) is 48.4. The number of nitrogens with one attached hydrogen (secondary N) is 1. The molecule has 372 valence electrons. The minimum absolute atomic E-state index is 0. The number of carboxylic acids is 1. The summed E-state index contributed by atoms with van der Waals surface area (Å²) in [6, 6.07) is 4.35. The normalized spacial score (nSPS) is 13.0. The summed E-state index contributed by atoms with van der Waals surface area (Å²) in [5.74, 6) is -2.15. The Morgan fingerprint density at radius 1 is 0.636 bits per heavy atom. The minimum Gasteiger partial charge on any atom is -0.756 e. The van der Waals surface area contributed by atoms with Crippen LogP contribution < -0.4 is 74.4 Å². The fourth-order valence-corrected chi connectivity index (χ4v) is 10.1. The molecule has 0 bridgehead atoms. The van der Waals surface area contributed by atoms with E-state index < -0.39 is 51.1 Å². The summed E-state index contributed by atoms with van der Waals surface area (Å²) in [6.45, 7) is 3.05. The molecule has 0 amide bonds. The quantitative estimate of drug-likeness (QED) is 0.0264. The third-order valence-corrected chi connectivity index (χ3v) is 14.4. The number of ether oxygens (including phenoxy) is 2. The van der Waals surface area contributed by atoms with E-state index in [1.165, 1.54) is 163 Å². The van der Waals surface area contributed by atoms with Gasteiger partial charge in [-0.1, -0.05) is 210 Å². The molecule has 66 heavy (non-hydrogen) atoms. The Morgan fingerprint density at radius 3 is 1.50 bits per heavy atom. The summed E-state index contributed by atoms with van der Waals surface area (Å²) >= 11 is 0. The summed E-state index contributed by atoms with van der Waals surface area (Å²) in [5, 5.41) is 15.1. The largest absolute Gasteiger partial charge is 1.00 e. The van der Waals surface area contributed by atoms with Gasteiger partial charge in [0.25, 0.3) is 7.82 Å². The molecule has 0 aromatic carbocycles. The van der Waals surface area contributed by atoms with E-state index in [2.05, 4.69) is 24.1 Å². The molecule has 0 spiro atoms. The van der Waals surface area contributed by atoms with Crippen molar-refractivity contribution in [2.45, 2.75) is 236 Å². The Bertz CT molecular complexity index is 1310. The second kappa shape index (κ2) is 50.3. The molecule has 1 heterocycles. The van der Waals surface area contributed by atoms with Crippen LogP contribution in [0.4, 0.5) is 0 Å². The predicted octanol–water partition coefficient (Wildman–Crippen LogP) is 6.02. The van der Waals surface area contributed by atoms with Gasteiger partial charge in [0.2, 0.25) is 0 Å². The Kier molecular flexibility index (Phi) is 52.1. The summed E-state index contributed by atoms with van der Waals surface area (Å²) in [4.78, 5) is 53.8. The first kappa shape index (κ1) is 68.4. The number of hydrogen-bond acceptors (Lipinski definition) is 14. The van der Waals surface area contributed by atoms with Crippen LogP contribution in [-0.2, 0) is 37.5 Å². The van der Waals surface area contributed by atoms with Gasteiger partial charge in [-0.15, -0.1) is 0 Å². The van der Waals surface area contributed by atoms with Crippen LogP contribution in [0.3, 0.4) is 0 Å². The number of phosphoric ester groups is 1. The minimum atomic E-state index is -4.88. The summed E-state index contributed by atoms with van der Waals surface area (Å²) in [7, 11) is -2.30. The maximum Gasteiger partial charge on any atom is 1.00 e. The molecule has 1 aromatic rings. The van der Waals surface area contributed by atoms with Crippen molar-refractivity contribution >= 4 is 47.3 Å². The third kappa shape index (κ3) is 45.5. The molecule has 0 radical (unpaired) electrons. The number of unbranched alkanes of at least 4 members (excludes halogenated alkanes) is 28. The Morgan fingerprint density at radius 2 is 1.08 bits per heavy atom. The van der Waals surface area contributed by atoms with E-state index in [0.29, 0.717) is 12.8 Å². The zero-order valence-electron chi connectivity index (χ0n) is 41.9. The number of carboxylic acid groups (broad SMARTS) is 1. The van der Waals surface area contributed by atoms with Crippen molar-refractivity contribution in [2.75, 3.05) is 32.1 Å². The van der Waals surface area contributed by atoms with Crippen molar-refractivity contribution in [1.29, 1.82) is 0 Å². The van der Waals surface area contributed by atoms with E-state index in [4.69, 9.17) is 18.5 Å². The van der Waals surface area contributed by atoms with Gasteiger partial charge in [0, 0.05) is 31.3 Å². The van der Waals surface area contributed by atoms with Crippen molar-refractivity contribution in [3.8, 4) is 0 Å². The number of aromatic nitrogens is 1. The molecule has 0 aliphatic carbocycles. The maximum absolute atomic E-state index is 12.8. The van der Waals surface area contributed by atoms with Crippen LogP contribution in [0, 0.1) is 0 Å². The van der Waals surface area contributed by atoms with Gasteiger partial charge in [0.05, 0.1) is 25.2 Å². The van der Waals surface area contributed by atoms with Crippen molar-refractivity contribution in [1.82, 2.24) is 10.3 Å². The molecule has 0 aliphatic rings. The second-order valence-corrected chi connectivity index (χ2v) is 20.9. The van der Waals surface area contributed by atoms with Crippen LogP contribution >= 0.6 is 29.4 Å². The molecule has 0 aliphatic heterocycles. The van der Waals surface area contributed by atoms with Crippen molar-refractivity contribution < 1.29 is 107 Å². The van der Waals surface area contributed by atoms with Crippen molar-refractivity contribution in [3.05, 3.63) is 24.4 Å². The average Bonchev–Trinajstić information content (AvgIpc) is 3.28. The number of aliphatic carboxylic acids is 1. The number of carbonyl (C=O) groups is 3. The van der Waals surface area contributed by atoms with Crippen LogP contribution in [0.2, 0.25) is 0 Å². The Balaban J connectivity index is 0. The van der Waals surface area contributed by atoms with Crippen LogP contribution in [-0.4, -0.2) is 67.2 Å². The average molecular weight is 1010 g/mol.